The lowest BCUT2D eigenvalue weighted by Crippen LogP contribution is -2.09. The van der Waals surface area contributed by atoms with Gasteiger partial charge in [-0.2, -0.15) is 8.78 Å². The first-order valence-electron chi connectivity index (χ1n) is 6.21. The van der Waals surface area contributed by atoms with Gasteiger partial charge in [-0.3, -0.25) is 0 Å². The molecule has 0 aliphatic rings. The van der Waals surface area contributed by atoms with Crippen molar-refractivity contribution in [2.75, 3.05) is 0 Å². The monoisotopic (exact) mass is 314 g/mol. The second kappa shape index (κ2) is 6.67. The van der Waals surface area contributed by atoms with Gasteiger partial charge in [0.1, 0.15) is 0 Å². The maximum atomic E-state index is 12.4. The third kappa shape index (κ3) is 4.26. The SMILES string of the molecule is CC(C)Oc1cc(-c2ccc(Cl)nn2)ccc1OC(F)F. The number of nitrogens with zero attached hydrogens (tertiary/aromatic N) is 2. The van der Waals surface area contributed by atoms with Gasteiger partial charge in [0, 0.05) is 5.56 Å². The Kier molecular flexibility index (Phi) is 4.90. The molecule has 1 aromatic heterocycles. The molecule has 0 N–H and O–H groups in total. The first-order valence-corrected chi connectivity index (χ1v) is 6.58. The number of ether oxygens (including phenoxy) is 2. The molecule has 2 rings (SSSR count). The zero-order chi connectivity index (χ0) is 15.4. The van der Waals surface area contributed by atoms with E-state index < -0.39 is 6.61 Å². The van der Waals surface area contributed by atoms with Crippen molar-refractivity contribution in [1.29, 1.82) is 0 Å². The number of rotatable bonds is 5. The Morgan fingerprint density at radius 1 is 1.00 bits per heavy atom. The summed E-state index contributed by atoms with van der Waals surface area (Å²) in [4.78, 5) is 0. The van der Waals surface area contributed by atoms with E-state index in [9.17, 15) is 8.78 Å². The van der Waals surface area contributed by atoms with Gasteiger partial charge in [-0.25, -0.2) is 0 Å². The van der Waals surface area contributed by atoms with Crippen LogP contribution in [0.15, 0.2) is 30.3 Å². The highest BCUT2D eigenvalue weighted by atomic mass is 35.5. The van der Waals surface area contributed by atoms with Gasteiger partial charge in [-0.1, -0.05) is 11.6 Å². The highest BCUT2D eigenvalue weighted by Gasteiger charge is 2.14. The maximum Gasteiger partial charge on any atom is 0.387 e. The van der Waals surface area contributed by atoms with Crippen LogP contribution in [0.5, 0.6) is 11.5 Å². The molecule has 0 amide bonds. The molecule has 1 aromatic carbocycles. The van der Waals surface area contributed by atoms with Gasteiger partial charge in [0.25, 0.3) is 0 Å². The average Bonchev–Trinajstić information content (AvgIpc) is 2.40. The molecule has 0 spiro atoms. The fourth-order valence-electron chi connectivity index (χ4n) is 1.68. The Hall–Kier alpha value is -1.95. The highest BCUT2D eigenvalue weighted by Crippen LogP contribution is 2.33. The quantitative estimate of drug-likeness (QED) is 0.830. The van der Waals surface area contributed by atoms with E-state index in [0.29, 0.717) is 11.3 Å². The third-order valence-electron chi connectivity index (χ3n) is 2.45. The van der Waals surface area contributed by atoms with Crippen molar-refractivity contribution in [2.45, 2.75) is 26.6 Å². The largest absolute Gasteiger partial charge is 0.487 e. The maximum absolute atomic E-state index is 12.4. The Bertz CT molecular complexity index is 606. The van der Waals surface area contributed by atoms with E-state index in [-0.39, 0.29) is 22.8 Å². The summed E-state index contributed by atoms with van der Waals surface area (Å²) in [5.41, 5.74) is 1.22. The lowest BCUT2D eigenvalue weighted by Gasteiger charge is -2.15. The van der Waals surface area contributed by atoms with Gasteiger partial charge in [0.2, 0.25) is 0 Å². The fourth-order valence-corrected chi connectivity index (χ4v) is 1.78. The van der Waals surface area contributed by atoms with Crippen molar-refractivity contribution in [1.82, 2.24) is 10.2 Å². The molecule has 0 bridgehead atoms. The molecule has 21 heavy (non-hydrogen) atoms. The second-order valence-corrected chi connectivity index (χ2v) is 4.84. The molecule has 0 unspecified atom stereocenters. The number of benzene rings is 1. The molecular formula is C14H13ClF2N2O2. The van der Waals surface area contributed by atoms with Gasteiger partial charge in [-0.15, -0.1) is 10.2 Å². The van der Waals surface area contributed by atoms with E-state index in [2.05, 4.69) is 14.9 Å². The molecule has 0 aliphatic carbocycles. The highest BCUT2D eigenvalue weighted by molar-refractivity contribution is 6.29. The molecule has 0 saturated carbocycles. The van der Waals surface area contributed by atoms with Crippen LogP contribution < -0.4 is 9.47 Å². The Balaban J connectivity index is 2.38. The molecular weight excluding hydrogens is 302 g/mol. The molecule has 0 atom stereocenters. The predicted octanol–water partition coefficient (Wildman–Crippen LogP) is 4.19. The summed E-state index contributed by atoms with van der Waals surface area (Å²) in [6.07, 6.45) is -0.184. The van der Waals surface area contributed by atoms with Crippen LogP contribution >= 0.6 is 11.6 Å². The summed E-state index contributed by atoms with van der Waals surface area (Å²) in [5, 5.41) is 7.95. The number of alkyl halides is 2. The normalized spacial score (nSPS) is 11.0. The van der Waals surface area contributed by atoms with E-state index in [0.717, 1.165) is 0 Å². The second-order valence-electron chi connectivity index (χ2n) is 4.45. The van der Waals surface area contributed by atoms with Gasteiger partial charge in [0.15, 0.2) is 16.7 Å². The lowest BCUT2D eigenvalue weighted by atomic mass is 10.1. The number of halogens is 3. The number of aromatic nitrogens is 2. The third-order valence-corrected chi connectivity index (χ3v) is 2.65. The average molecular weight is 315 g/mol. The Morgan fingerprint density at radius 3 is 2.33 bits per heavy atom. The van der Waals surface area contributed by atoms with Crippen molar-refractivity contribution < 1.29 is 18.3 Å². The first-order chi connectivity index (χ1) is 9.95. The Morgan fingerprint density at radius 2 is 1.76 bits per heavy atom. The van der Waals surface area contributed by atoms with Gasteiger partial charge in [-0.05, 0) is 44.2 Å². The summed E-state index contributed by atoms with van der Waals surface area (Å²) in [6, 6.07) is 7.86. The molecule has 7 heteroatoms. The van der Waals surface area contributed by atoms with E-state index in [4.69, 9.17) is 16.3 Å². The molecule has 2 aromatic rings. The summed E-state index contributed by atoms with van der Waals surface area (Å²) in [6.45, 7) is 0.669. The zero-order valence-electron chi connectivity index (χ0n) is 11.4. The van der Waals surface area contributed by atoms with Gasteiger partial charge in [0.05, 0.1) is 11.8 Å². The van der Waals surface area contributed by atoms with Crippen LogP contribution in [0.4, 0.5) is 8.78 Å². The van der Waals surface area contributed by atoms with E-state index in [1.165, 1.54) is 6.07 Å². The van der Waals surface area contributed by atoms with Gasteiger partial charge < -0.3 is 9.47 Å². The molecule has 112 valence electrons. The van der Waals surface area contributed by atoms with Crippen molar-refractivity contribution in [3.05, 3.63) is 35.5 Å². The standard InChI is InChI=1S/C14H13ClF2N2O2/c1-8(2)20-12-7-9(3-5-11(12)21-14(16)17)10-4-6-13(15)19-18-10/h3-8,14H,1-2H3. The van der Waals surface area contributed by atoms with Crippen LogP contribution in [0.1, 0.15) is 13.8 Å². The van der Waals surface area contributed by atoms with Crippen molar-refractivity contribution in [3.8, 4) is 22.8 Å². The molecule has 1 heterocycles. The van der Waals surface area contributed by atoms with Crippen LogP contribution in [0.3, 0.4) is 0 Å². The van der Waals surface area contributed by atoms with E-state index in [1.807, 2.05) is 0 Å². The lowest BCUT2D eigenvalue weighted by molar-refractivity contribution is -0.0518. The predicted molar refractivity (Wildman–Crippen MR) is 74.9 cm³/mol. The van der Waals surface area contributed by atoms with Gasteiger partial charge >= 0.3 is 6.61 Å². The zero-order valence-corrected chi connectivity index (χ0v) is 12.1. The summed E-state index contributed by atoms with van der Waals surface area (Å²) >= 11 is 5.68. The smallest absolute Gasteiger partial charge is 0.387 e. The summed E-state index contributed by atoms with van der Waals surface area (Å²) < 4.78 is 34.7. The fraction of sp³-hybridized carbons (Fsp3) is 0.286. The molecule has 0 radical (unpaired) electrons. The number of hydrogen-bond acceptors (Lipinski definition) is 4. The summed E-state index contributed by atoms with van der Waals surface area (Å²) in [5.74, 6) is 0.198. The van der Waals surface area contributed by atoms with Crippen molar-refractivity contribution in [3.63, 3.8) is 0 Å². The molecule has 4 nitrogen and oxygen atoms in total. The first kappa shape index (κ1) is 15.4. The molecule has 0 aliphatic heterocycles. The van der Waals surface area contributed by atoms with Crippen LogP contribution in [-0.4, -0.2) is 22.9 Å². The van der Waals surface area contributed by atoms with Crippen LogP contribution in [-0.2, 0) is 0 Å². The molecule has 0 saturated heterocycles. The minimum absolute atomic E-state index is 0.0237. The van der Waals surface area contributed by atoms with Crippen LogP contribution in [0.25, 0.3) is 11.3 Å². The van der Waals surface area contributed by atoms with E-state index in [1.54, 1.807) is 38.1 Å². The van der Waals surface area contributed by atoms with Crippen LogP contribution in [0.2, 0.25) is 5.15 Å². The minimum atomic E-state index is -2.92. The molecule has 0 fully saturated rings. The van der Waals surface area contributed by atoms with E-state index >= 15 is 0 Å². The van der Waals surface area contributed by atoms with Crippen molar-refractivity contribution in [2.24, 2.45) is 0 Å². The van der Waals surface area contributed by atoms with Crippen molar-refractivity contribution >= 4 is 11.6 Å². The topological polar surface area (TPSA) is 44.2 Å². The number of hydrogen-bond donors (Lipinski definition) is 0. The Labute approximate surface area is 125 Å². The summed E-state index contributed by atoms with van der Waals surface area (Å²) in [7, 11) is 0. The minimum Gasteiger partial charge on any atom is -0.487 e. The van der Waals surface area contributed by atoms with Crippen LogP contribution in [0, 0.1) is 0 Å².